The van der Waals surface area contributed by atoms with Gasteiger partial charge in [0.2, 0.25) is 5.91 Å². The third-order valence-electron chi connectivity index (χ3n) is 6.52. The number of nitrogens with one attached hydrogen (secondary N) is 2. The molecule has 28 heavy (non-hydrogen) atoms. The largest absolute Gasteiger partial charge is 0.345 e. The highest BCUT2D eigenvalue weighted by Gasteiger charge is 2.40. The van der Waals surface area contributed by atoms with Crippen molar-refractivity contribution >= 4 is 33.4 Å². The topological polar surface area (TPSA) is 96.7 Å². The second kappa shape index (κ2) is 6.97. The maximum Gasteiger partial charge on any atom is 0.229 e. The van der Waals surface area contributed by atoms with Crippen molar-refractivity contribution < 1.29 is 4.79 Å². The maximum absolute atomic E-state index is 12.9. The average Bonchev–Trinajstić information content (AvgIpc) is 3.24. The first-order valence-corrected chi connectivity index (χ1v) is 10.9. The van der Waals surface area contributed by atoms with Crippen LogP contribution in [-0.2, 0) is 4.79 Å². The van der Waals surface area contributed by atoms with Crippen LogP contribution in [0.15, 0.2) is 24.5 Å². The Balaban J connectivity index is 1.35. The Morgan fingerprint density at radius 1 is 1.32 bits per heavy atom. The summed E-state index contributed by atoms with van der Waals surface area (Å²) in [5, 5.41) is 4.81. The Hall–Kier alpha value is -2.25. The third-order valence-corrected chi connectivity index (χ3v) is 7.40. The van der Waals surface area contributed by atoms with Crippen LogP contribution in [0.2, 0.25) is 0 Å². The molecule has 2 saturated carbocycles. The minimum Gasteiger partial charge on any atom is -0.345 e. The van der Waals surface area contributed by atoms with E-state index in [2.05, 4.69) is 15.3 Å². The van der Waals surface area contributed by atoms with Gasteiger partial charge in [-0.25, -0.2) is 9.97 Å². The molecule has 146 valence electrons. The Bertz CT molecular complexity index is 1010. The molecule has 2 aliphatic rings. The van der Waals surface area contributed by atoms with Gasteiger partial charge in [0.15, 0.2) is 5.13 Å². The van der Waals surface area contributed by atoms with E-state index in [0.29, 0.717) is 17.0 Å². The number of carbonyl (C=O) groups is 1. The zero-order valence-corrected chi connectivity index (χ0v) is 16.8. The van der Waals surface area contributed by atoms with E-state index in [1.165, 1.54) is 17.8 Å². The smallest absolute Gasteiger partial charge is 0.229 e. The molecule has 2 bridgehead atoms. The highest BCUT2D eigenvalue weighted by Crippen LogP contribution is 2.42. The van der Waals surface area contributed by atoms with Crippen LogP contribution in [0, 0.1) is 24.7 Å². The summed E-state index contributed by atoms with van der Waals surface area (Å²) in [6, 6.07) is 4.24. The zero-order valence-electron chi connectivity index (χ0n) is 15.9. The molecule has 7 heteroatoms. The molecule has 0 aromatic carbocycles. The Kier molecular flexibility index (Phi) is 4.44. The van der Waals surface area contributed by atoms with Crippen LogP contribution in [0.25, 0.3) is 22.3 Å². The van der Waals surface area contributed by atoms with Gasteiger partial charge in [-0.05, 0) is 56.6 Å². The zero-order chi connectivity index (χ0) is 19.3. The van der Waals surface area contributed by atoms with Gasteiger partial charge in [0.25, 0.3) is 0 Å². The number of carbonyl (C=O) groups excluding carboxylic acids is 1. The number of rotatable bonds is 3. The molecule has 5 rings (SSSR count). The van der Waals surface area contributed by atoms with Crippen molar-refractivity contribution in [1.29, 1.82) is 0 Å². The van der Waals surface area contributed by atoms with Gasteiger partial charge in [0.1, 0.15) is 5.65 Å². The number of fused-ring (bicyclic) bond motifs is 3. The van der Waals surface area contributed by atoms with Crippen LogP contribution >= 0.6 is 11.3 Å². The number of amides is 1. The first-order valence-electron chi connectivity index (χ1n) is 10.1. The van der Waals surface area contributed by atoms with E-state index in [1.807, 2.05) is 25.3 Å². The molecule has 3 aromatic rings. The summed E-state index contributed by atoms with van der Waals surface area (Å²) in [5.41, 5.74) is 9.15. The summed E-state index contributed by atoms with van der Waals surface area (Å²) in [7, 11) is 0. The van der Waals surface area contributed by atoms with Crippen LogP contribution < -0.4 is 11.1 Å². The van der Waals surface area contributed by atoms with Gasteiger partial charge in [0.05, 0.1) is 5.69 Å². The first kappa shape index (κ1) is 17.8. The van der Waals surface area contributed by atoms with Gasteiger partial charge in [-0.2, -0.15) is 0 Å². The maximum atomic E-state index is 12.9. The van der Waals surface area contributed by atoms with Crippen LogP contribution in [0.5, 0.6) is 0 Å². The summed E-state index contributed by atoms with van der Waals surface area (Å²) >= 11 is 1.53. The normalized spacial score (nSPS) is 27.1. The highest BCUT2D eigenvalue weighted by molar-refractivity contribution is 7.16. The third kappa shape index (κ3) is 3.02. The van der Waals surface area contributed by atoms with Crippen LogP contribution in [-0.4, -0.2) is 26.9 Å². The number of aryl methyl sites for hydroxylation is 1. The number of nitrogens with zero attached hydrogens (tertiary/aromatic N) is 2. The molecule has 0 saturated heterocycles. The molecule has 3 heterocycles. The summed E-state index contributed by atoms with van der Waals surface area (Å²) in [6.07, 6.45) is 9.12. The molecule has 4 N–H and O–H groups in total. The molecule has 0 aliphatic heterocycles. The molecular formula is C21H25N5OS. The monoisotopic (exact) mass is 395 g/mol. The summed E-state index contributed by atoms with van der Waals surface area (Å²) < 4.78 is 0. The predicted octanol–water partition coefficient (Wildman–Crippen LogP) is 4.09. The molecule has 2 atom stereocenters. The van der Waals surface area contributed by atoms with Gasteiger partial charge in [-0.15, -0.1) is 11.3 Å². The second-order valence-electron chi connectivity index (χ2n) is 8.21. The lowest BCUT2D eigenvalue weighted by Gasteiger charge is -2.43. The van der Waals surface area contributed by atoms with E-state index >= 15 is 0 Å². The highest BCUT2D eigenvalue weighted by atomic mass is 32.1. The summed E-state index contributed by atoms with van der Waals surface area (Å²) in [5.74, 6) is 1.15. The SMILES string of the molecule is Cc1sc(NC(=O)C2CC3CCCC(C2)C3N)nc1-c1c[nH]c2ncccc12. The van der Waals surface area contributed by atoms with Crippen LogP contribution in [0.1, 0.15) is 37.0 Å². The van der Waals surface area contributed by atoms with E-state index in [1.54, 1.807) is 6.20 Å². The molecule has 2 fully saturated rings. The van der Waals surface area contributed by atoms with E-state index in [0.717, 1.165) is 52.9 Å². The average molecular weight is 396 g/mol. The van der Waals surface area contributed by atoms with Gasteiger partial charge >= 0.3 is 0 Å². The number of anilines is 1. The van der Waals surface area contributed by atoms with Crippen LogP contribution in [0.3, 0.4) is 0 Å². The molecule has 2 unspecified atom stereocenters. The van der Waals surface area contributed by atoms with E-state index < -0.39 is 0 Å². The standard InChI is InChI=1S/C21H25N5OS/c1-11-18(16-10-24-19-15(16)6-3-7-23-19)25-21(28-11)26-20(27)14-8-12-4-2-5-13(9-14)17(12)22/h3,6-7,10,12-14,17H,2,4-5,8-9,22H2,1H3,(H,23,24)(H,25,26,27). The molecule has 1 amide bonds. The van der Waals surface area contributed by atoms with Crippen molar-refractivity contribution in [3.8, 4) is 11.3 Å². The fourth-order valence-corrected chi connectivity index (χ4v) is 5.89. The van der Waals surface area contributed by atoms with Crippen molar-refractivity contribution in [3.63, 3.8) is 0 Å². The van der Waals surface area contributed by atoms with E-state index in [-0.39, 0.29) is 17.9 Å². The fourth-order valence-electron chi connectivity index (χ4n) is 5.06. The van der Waals surface area contributed by atoms with Crippen LogP contribution in [0.4, 0.5) is 5.13 Å². The lowest BCUT2D eigenvalue weighted by atomic mass is 9.65. The number of H-pyrrole nitrogens is 1. The first-order chi connectivity index (χ1) is 13.6. The molecule has 6 nitrogen and oxygen atoms in total. The van der Waals surface area contributed by atoms with E-state index in [9.17, 15) is 4.79 Å². The second-order valence-corrected chi connectivity index (χ2v) is 9.41. The summed E-state index contributed by atoms with van der Waals surface area (Å²) in [4.78, 5) is 26.3. The van der Waals surface area contributed by atoms with Gasteiger partial charge in [-0.1, -0.05) is 6.42 Å². The van der Waals surface area contributed by atoms with E-state index in [4.69, 9.17) is 10.7 Å². The number of thiazole rings is 1. The number of pyridine rings is 1. The molecule has 2 aliphatic carbocycles. The van der Waals surface area contributed by atoms with Gasteiger partial charge in [-0.3, -0.25) is 4.79 Å². The summed E-state index contributed by atoms with van der Waals surface area (Å²) in [6.45, 7) is 2.04. The Morgan fingerprint density at radius 2 is 2.11 bits per heavy atom. The Labute approximate surface area is 168 Å². The quantitative estimate of drug-likeness (QED) is 0.622. The number of nitrogens with two attached hydrogens (primary N) is 1. The minimum atomic E-state index is 0.0556. The molecule has 3 aromatic heterocycles. The Morgan fingerprint density at radius 3 is 2.89 bits per heavy atom. The number of aromatic amines is 1. The lowest BCUT2D eigenvalue weighted by molar-refractivity contribution is -0.122. The number of aromatic nitrogens is 3. The van der Waals surface area contributed by atoms with Gasteiger partial charge in [0, 0.05) is 40.2 Å². The van der Waals surface area contributed by atoms with Gasteiger partial charge < -0.3 is 16.0 Å². The number of hydrogen-bond acceptors (Lipinski definition) is 5. The molecular weight excluding hydrogens is 370 g/mol. The molecule has 0 radical (unpaired) electrons. The van der Waals surface area contributed by atoms with Crippen molar-refractivity contribution in [1.82, 2.24) is 15.0 Å². The van der Waals surface area contributed by atoms with Crippen molar-refractivity contribution in [2.75, 3.05) is 5.32 Å². The van der Waals surface area contributed by atoms with Crippen molar-refractivity contribution in [3.05, 3.63) is 29.4 Å². The van der Waals surface area contributed by atoms with Crippen molar-refractivity contribution in [2.24, 2.45) is 23.5 Å². The number of hydrogen-bond donors (Lipinski definition) is 3. The molecule has 0 spiro atoms. The predicted molar refractivity (Wildman–Crippen MR) is 112 cm³/mol. The lowest BCUT2D eigenvalue weighted by Crippen LogP contribution is -2.48. The van der Waals surface area contributed by atoms with Crippen molar-refractivity contribution in [2.45, 2.75) is 45.1 Å². The minimum absolute atomic E-state index is 0.0556. The fraction of sp³-hybridized carbons (Fsp3) is 0.476.